The molecule has 0 saturated carbocycles. The van der Waals surface area contributed by atoms with Gasteiger partial charge in [-0.3, -0.25) is 9.35 Å². The number of carbonyl (C=O) groups is 1. The number of unbranched alkanes of at least 4 members (excludes halogenated alkanes) is 1. The lowest BCUT2D eigenvalue weighted by molar-refractivity contribution is -0.120. The summed E-state index contributed by atoms with van der Waals surface area (Å²) >= 11 is 5.85. The van der Waals surface area contributed by atoms with Gasteiger partial charge in [-0.2, -0.15) is 8.42 Å². The molecule has 2 aromatic rings. The minimum Gasteiger partial charge on any atom is -0.493 e. The van der Waals surface area contributed by atoms with E-state index < -0.39 is 15.9 Å². The van der Waals surface area contributed by atoms with Gasteiger partial charge in [-0.05, 0) is 56.1 Å². The Kier molecular flexibility index (Phi) is 10.7. The van der Waals surface area contributed by atoms with Gasteiger partial charge in [0.05, 0.1) is 36.2 Å². The summed E-state index contributed by atoms with van der Waals surface area (Å²) in [4.78, 5) is 22.7. The fraction of sp³-hybridized carbons (Fsp3) is 0.542. The van der Waals surface area contributed by atoms with Gasteiger partial charge >= 0.3 is 0 Å². The van der Waals surface area contributed by atoms with Crippen LogP contribution in [0.3, 0.4) is 0 Å². The van der Waals surface area contributed by atoms with Crippen LogP contribution in [0.2, 0.25) is 5.02 Å². The van der Waals surface area contributed by atoms with E-state index in [1.54, 1.807) is 18.5 Å². The summed E-state index contributed by atoms with van der Waals surface area (Å²) < 4.78 is 50.1. The molecule has 3 rings (SSSR count). The fourth-order valence-corrected chi connectivity index (χ4v) is 4.75. The minimum absolute atomic E-state index is 0.121. The molecule has 0 radical (unpaired) electrons. The summed E-state index contributed by atoms with van der Waals surface area (Å²) in [6.07, 6.45) is 7.73. The first-order valence-corrected chi connectivity index (χ1v) is 14.0. The first-order chi connectivity index (χ1) is 17.2. The predicted octanol–water partition coefficient (Wildman–Crippen LogP) is 3.67. The number of nitrogens with one attached hydrogen (secondary N) is 1. The van der Waals surface area contributed by atoms with E-state index in [1.807, 2.05) is 0 Å². The molecule has 0 spiro atoms. The molecule has 2 heterocycles. The van der Waals surface area contributed by atoms with Crippen LogP contribution in [0.15, 0.2) is 30.6 Å². The number of halogens is 2. The number of aromatic nitrogens is 2. The Morgan fingerprint density at radius 2 is 1.92 bits per heavy atom. The van der Waals surface area contributed by atoms with Gasteiger partial charge in [0.1, 0.15) is 11.6 Å². The van der Waals surface area contributed by atoms with Crippen molar-refractivity contribution in [3.8, 4) is 5.75 Å². The number of piperidine rings is 1. The summed E-state index contributed by atoms with van der Waals surface area (Å²) in [5.74, 6) is 0.519. The summed E-state index contributed by atoms with van der Waals surface area (Å²) in [5, 5.41) is 3.14. The number of benzene rings is 1. The summed E-state index contributed by atoms with van der Waals surface area (Å²) in [6, 6.07) is 4.48. The SMILES string of the molecule is O=C(Cc1ccc(OCCCC2CCN(c3ncc(Cl)cn3)CC2)cc1F)NCCCCS(=O)(=O)O. The topological polar surface area (TPSA) is 122 Å². The molecule has 0 atom stereocenters. The average Bonchev–Trinajstić information content (AvgIpc) is 2.83. The molecule has 2 N–H and O–H groups in total. The number of hydrogen-bond acceptors (Lipinski definition) is 7. The number of hydrogen-bond donors (Lipinski definition) is 2. The molecule has 1 aliphatic rings. The van der Waals surface area contributed by atoms with E-state index in [0.29, 0.717) is 35.7 Å². The summed E-state index contributed by atoms with van der Waals surface area (Å²) in [7, 11) is -3.99. The van der Waals surface area contributed by atoms with Crippen LogP contribution in [0.4, 0.5) is 10.3 Å². The van der Waals surface area contributed by atoms with Crippen LogP contribution in [-0.4, -0.2) is 60.8 Å². The molecule has 0 bridgehead atoms. The van der Waals surface area contributed by atoms with E-state index in [9.17, 15) is 17.6 Å². The molecule has 36 heavy (non-hydrogen) atoms. The average molecular weight is 543 g/mol. The highest BCUT2D eigenvalue weighted by Gasteiger charge is 2.20. The molecule has 12 heteroatoms. The van der Waals surface area contributed by atoms with Crippen molar-refractivity contribution in [2.24, 2.45) is 5.92 Å². The van der Waals surface area contributed by atoms with Crippen LogP contribution in [-0.2, 0) is 21.3 Å². The highest BCUT2D eigenvalue weighted by molar-refractivity contribution is 7.85. The number of nitrogens with zero attached hydrogens (tertiary/aromatic N) is 3. The lowest BCUT2D eigenvalue weighted by atomic mass is 9.92. The molecule has 1 aliphatic heterocycles. The first kappa shape index (κ1) is 28.1. The quantitative estimate of drug-likeness (QED) is 0.290. The van der Waals surface area contributed by atoms with Gasteiger partial charge in [-0.25, -0.2) is 14.4 Å². The maximum Gasteiger partial charge on any atom is 0.264 e. The van der Waals surface area contributed by atoms with E-state index >= 15 is 0 Å². The van der Waals surface area contributed by atoms with Crippen molar-refractivity contribution < 1.29 is 26.9 Å². The maximum atomic E-state index is 14.4. The Labute approximate surface area is 216 Å². The van der Waals surface area contributed by atoms with E-state index in [2.05, 4.69) is 20.2 Å². The molecular formula is C24H32ClFN4O5S. The third kappa shape index (κ3) is 9.87. The zero-order valence-corrected chi connectivity index (χ0v) is 21.6. The van der Waals surface area contributed by atoms with Crippen molar-refractivity contribution >= 4 is 33.6 Å². The maximum absolute atomic E-state index is 14.4. The Balaban J connectivity index is 1.30. The van der Waals surface area contributed by atoms with E-state index in [0.717, 1.165) is 38.8 Å². The van der Waals surface area contributed by atoms with Crippen LogP contribution in [0, 0.1) is 11.7 Å². The van der Waals surface area contributed by atoms with Crippen LogP contribution in [0.5, 0.6) is 5.75 Å². The van der Waals surface area contributed by atoms with Gasteiger partial charge < -0.3 is 15.0 Å². The van der Waals surface area contributed by atoms with Crippen molar-refractivity contribution in [1.82, 2.24) is 15.3 Å². The second kappa shape index (κ2) is 13.7. The lowest BCUT2D eigenvalue weighted by Crippen LogP contribution is -2.34. The predicted molar refractivity (Wildman–Crippen MR) is 135 cm³/mol. The van der Waals surface area contributed by atoms with E-state index in [4.69, 9.17) is 20.9 Å². The second-order valence-corrected chi connectivity index (χ2v) is 10.9. The monoisotopic (exact) mass is 542 g/mol. The Hall–Kier alpha value is -2.50. The normalized spacial score (nSPS) is 14.6. The second-order valence-electron chi connectivity index (χ2n) is 8.90. The number of anilines is 1. The first-order valence-electron chi connectivity index (χ1n) is 12.0. The molecule has 1 fully saturated rings. The number of carbonyl (C=O) groups excluding carboxylic acids is 1. The number of rotatable bonds is 13. The van der Waals surface area contributed by atoms with Crippen molar-refractivity contribution in [1.29, 1.82) is 0 Å². The number of amides is 1. The largest absolute Gasteiger partial charge is 0.493 e. The van der Waals surface area contributed by atoms with E-state index in [1.165, 1.54) is 12.1 Å². The zero-order valence-electron chi connectivity index (χ0n) is 20.0. The molecule has 198 valence electrons. The minimum atomic E-state index is -3.99. The highest BCUT2D eigenvalue weighted by Crippen LogP contribution is 2.25. The molecule has 1 aromatic carbocycles. The Morgan fingerprint density at radius 1 is 1.19 bits per heavy atom. The van der Waals surface area contributed by atoms with Crippen molar-refractivity contribution in [3.63, 3.8) is 0 Å². The van der Waals surface area contributed by atoms with Crippen LogP contribution < -0.4 is 15.0 Å². The summed E-state index contributed by atoms with van der Waals surface area (Å²) in [6.45, 7) is 2.55. The Morgan fingerprint density at radius 3 is 2.58 bits per heavy atom. The molecule has 1 aromatic heterocycles. The molecule has 0 aliphatic carbocycles. The smallest absolute Gasteiger partial charge is 0.264 e. The van der Waals surface area contributed by atoms with Gasteiger partial charge in [0, 0.05) is 25.7 Å². The van der Waals surface area contributed by atoms with Crippen molar-refractivity contribution in [3.05, 3.63) is 47.0 Å². The zero-order chi connectivity index (χ0) is 26.0. The summed E-state index contributed by atoms with van der Waals surface area (Å²) in [5.41, 5.74) is 0.259. The van der Waals surface area contributed by atoms with Crippen LogP contribution in [0.1, 0.15) is 44.1 Å². The highest BCUT2D eigenvalue weighted by atomic mass is 35.5. The van der Waals surface area contributed by atoms with Gasteiger partial charge in [0.2, 0.25) is 11.9 Å². The third-order valence-electron chi connectivity index (χ3n) is 6.06. The Bertz CT molecular complexity index is 1100. The molecule has 1 saturated heterocycles. The van der Waals surface area contributed by atoms with E-state index in [-0.39, 0.29) is 36.6 Å². The van der Waals surface area contributed by atoms with Gasteiger partial charge in [0.15, 0.2) is 0 Å². The molecule has 9 nitrogen and oxygen atoms in total. The van der Waals surface area contributed by atoms with Gasteiger partial charge in [-0.15, -0.1) is 0 Å². The van der Waals surface area contributed by atoms with Crippen molar-refractivity contribution in [2.45, 2.75) is 44.9 Å². The third-order valence-corrected chi connectivity index (χ3v) is 7.06. The van der Waals surface area contributed by atoms with Gasteiger partial charge in [-0.1, -0.05) is 17.7 Å². The molecular weight excluding hydrogens is 511 g/mol. The number of ether oxygens (including phenoxy) is 1. The van der Waals surface area contributed by atoms with Gasteiger partial charge in [0.25, 0.3) is 10.1 Å². The molecule has 1 amide bonds. The standard InChI is InChI=1S/C24H32ClFN4O5S/c25-20-16-28-24(29-17-20)30-10-7-18(8-11-30)4-3-12-35-21-6-5-19(22(26)15-21)14-23(31)27-9-1-2-13-36(32,33)34/h5-6,15-18H,1-4,7-14H2,(H,27,31)(H,32,33,34). The van der Waals surface area contributed by atoms with Crippen LogP contribution >= 0.6 is 11.6 Å². The molecule has 0 unspecified atom stereocenters. The van der Waals surface area contributed by atoms with Crippen LogP contribution in [0.25, 0.3) is 0 Å². The van der Waals surface area contributed by atoms with Crippen molar-refractivity contribution in [2.75, 3.05) is 36.9 Å². The lowest BCUT2D eigenvalue weighted by Gasteiger charge is -2.31. The fourth-order valence-electron chi connectivity index (χ4n) is 4.09.